The second-order valence-corrected chi connectivity index (χ2v) is 9.02. The molecule has 2 aromatic rings. The smallest absolute Gasteiger partial charge is 0.390 e. The molecule has 3 rings (SSSR count). The highest BCUT2D eigenvalue weighted by molar-refractivity contribution is 7.20. The highest BCUT2D eigenvalue weighted by atomic mass is 32.1. The number of aliphatic hydroxyl groups is 1. The number of fused-ring (bicyclic) bond motifs is 1. The summed E-state index contributed by atoms with van der Waals surface area (Å²) in [5.41, 5.74) is -1.18. The van der Waals surface area contributed by atoms with Crippen LogP contribution in [0.1, 0.15) is 41.4 Å². The van der Waals surface area contributed by atoms with Crippen LogP contribution in [-0.2, 0) is 17.8 Å². The Morgan fingerprint density at radius 1 is 1.25 bits per heavy atom. The molecule has 0 aliphatic carbocycles. The number of aromatic nitrogens is 2. The Morgan fingerprint density at radius 3 is 2.44 bits per heavy atom. The standard InChI is InChI=1S/C20H26F3N3O5S/c1-11(31-3)10-26-16(28)14-12(2)15(17(29)24-7-4-13(27)5-8-24)32-18(14)25(19(26)30)9-6-20(21,22)23/h11,13,27H,4-10H2,1-3H3. The molecule has 2 aromatic heterocycles. The molecule has 1 amide bonds. The predicted octanol–water partition coefficient (Wildman–Crippen LogP) is 2.12. The van der Waals surface area contributed by atoms with Gasteiger partial charge in [0.1, 0.15) is 4.83 Å². The number of ether oxygens (including phenoxy) is 1. The molecule has 8 nitrogen and oxygen atoms in total. The zero-order valence-corrected chi connectivity index (χ0v) is 18.9. The van der Waals surface area contributed by atoms with Crippen LogP contribution in [0.25, 0.3) is 10.2 Å². The number of halogens is 3. The fourth-order valence-electron chi connectivity index (χ4n) is 3.74. The number of methoxy groups -OCH3 is 1. The van der Waals surface area contributed by atoms with Crippen LogP contribution in [0.3, 0.4) is 0 Å². The fraction of sp³-hybridized carbons (Fsp3) is 0.650. The molecule has 1 aliphatic heterocycles. The average molecular weight is 478 g/mol. The van der Waals surface area contributed by atoms with Gasteiger partial charge >= 0.3 is 11.9 Å². The van der Waals surface area contributed by atoms with E-state index in [0.29, 0.717) is 31.5 Å². The topological polar surface area (TPSA) is 93.8 Å². The van der Waals surface area contributed by atoms with Gasteiger partial charge in [0.25, 0.3) is 11.5 Å². The highest BCUT2D eigenvalue weighted by Gasteiger charge is 2.31. The van der Waals surface area contributed by atoms with Crippen LogP contribution in [0.15, 0.2) is 9.59 Å². The summed E-state index contributed by atoms with van der Waals surface area (Å²) >= 11 is 0.863. The van der Waals surface area contributed by atoms with Gasteiger partial charge in [0.15, 0.2) is 0 Å². The van der Waals surface area contributed by atoms with E-state index in [4.69, 9.17) is 4.74 Å². The van der Waals surface area contributed by atoms with Crippen molar-refractivity contribution in [3.05, 3.63) is 31.3 Å². The van der Waals surface area contributed by atoms with Crippen molar-refractivity contribution in [2.75, 3.05) is 20.2 Å². The average Bonchev–Trinajstić information content (AvgIpc) is 3.07. The Kier molecular flexibility index (Phi) is 7.15. The van der Waals surface area contributed by atoms with Crippen LogP contribution in [0.5, 0.6) is 0 Å². The van der Waals surface area contributed by atoms with Gasteiger partial charge in [0.2, 0.25) is 0 Å². The molecule has 1 unspecified atom stereocenters. The molecule has 1 atom stereocenters. The van der Waals surface area contributed by atoms with Crippen molar-refractivity contribution in [2.45, 2.75) is 64.6 Å². The third kappa shape index (κ3) is 4.91. The summed E-state index contributed by atoms with van der Waals surface area (Å²) in [6, 6.07) is 0. The minimum absolute atomic E-state index is 0.0588. The molecule has 1 N–H and O–H groups in total. The predicted molar refractivity (Wildman–Crippen MR) is 113 cm³/mol. The SMILES string of the molecule is COC(C)Cn1c(=O)c2c(C)c(C(=O)N3CCC(O)CC3)sc2n(CCC(F)(F)F)c1=O. The molecule has 1 saturated heterocycles. The quantitative estimate of drug-likeness (QED) is 0.688. The normalized spacial score (nSPS) is 16.7. The summed E-state index contributed by atoms with van der Waals surface area (Å²) in [6.07, 6.45) is -5.89. The van der Waals surface area contributed by atoms with Crippen molar-refractivity contribution >= 4 is 27.5 Å². The van der Waals surface area contributed by atoms with Gasteiger partial charge in [-0.2, -0.15) is 13.2 Å². The summed E-state index contributed by atoms with van der Waals surface area (Å²) in [5.74, 6) is -0.360. The second kappa shape index (κ2) is 9.36. The molecule has 1 aliphatic rings. The number of aryl methyl sites for hydroxylation is 2. The molecular weight excluding hydrogens is 451 g/mol. The van der Waals surface area contributed by atoms with Gasteiger partial charge in [-0.15, -0.1) is 11.3 Å². The molecule has 178 valence electrons. The zero-order chi connectivity index (χ0) is 23.8. The number of likely N-dealkylation sites (tertiary alicyclic amines) is 1. The third-order valence-electron chi connectivity index (χ3n) is 5.70. The molecule has 3 heterocycles. The number of alkyl halides is 3. The van der Waals surface area contributed by atoms with E-state index in [2.05, 4.69) is 0 Å². The van der Waals surface area contributed by atoms with Gasteiger partial charge in [0, 0.05) is 26.7 Å². The Balaban J connectivity index is 2.16. The van der Waals surface area contributed by atoms with Gasteiger partial charge in [-0.25, -0.2) is 4.79 Å². The molecule has 1 fully saturated rings. The van der Waals surface area contributed by atoms with E-state index >= 15 is 0 Å². The van der Waals surface area contributed by atoms with Crippen LogP contribution < -0.4 is 11.2 Å². The molecule has 32 heavy (non-hydrogen) atoms. The first-order valence-electron chi connectivity index (χ1n) is 10.3. The minimum Gasteiger partial charge on any atom is -0.393 e. The maximum Gasteiger partial charge on any atom is 0.390 e. The lowest BCUT2D eigenvalue weighted by molar-refractivity contribution is -0.136. The number of piperidine rings is 1. The molecule has 0 bridgehead atoms. The first-order valence-corrected chi connectivity index (χ1v) is 11.1. The van der Waals surface area contributed by atoms with E-state index in [9.17, 15) is 32.7 Å². The monoisotopic (exact) mass is 477 g/mol. The largest absolute Gasteiger partial charge is 0.393 e. The van der Waals surface area contributed by atoms with Crippen molar-refractivity contribution in [3.63, 3.8) is 0 Å². The molecular formula is C20H26F3N3O5S. The van der Waals surface area contributed by atoms with Crippen molar-refractivity contribution in [2.24, 2.45) is 0 Å². The number of aliphatic hydroxyl groups excluding tert-OH is 1. The number of hydrogen-bond donors (Lipinski definition) is 1. The second-order valence-electron chi connectivity index (χ2n) is 8.02. The number of hydrogen-bond acceptors (Lipinski definition) is 6. The van der Waals surface area contributed by atoms with E-state index in [0.717, 1.165) is 20.5 Å². The van der Waals surface area contributed by atoms with Gasteiger partial charge in [-0.3, -0.25) is 18.7 Å². The van der Waals surface area contributed by atoms with Crippen LogP contribution in [0.4, 0.5) is 13.2 Å². The third-order valence-corrected chi connectivity index (χ3v) is 7.00. The Morgan fingerprint density at radius 2 is 1.88 bits per heavy atom. The number of nitrogens with zero attached hydrogens (tertiary/aromatic N) is 3. The maximum absolute atomic E-state index is 13.2. The van der Waals surface area contributed by atoms with Gasteiger partial charge in [-0.05, 0) is 32.3 Å². The lowest BCUT2D eigenvalue weighted by atomic mass is 10.1. The maximum atomic E-state index is 13.2. The number of carbonyl (C=O) groups excluding carboxylic acids is 1. The van der Waals surface area contributed by atoms with E-state index < -0.39 is 42.6 Å². The van der Waals surface area contributed by atoms with Crippen LogP contribution in [0, 0.1) is 6.92 Å². The summed E-state index contributed by atoms with van der Waals surface area (Å²) in [6.45, 7) is 3.09. The first kappa shape index (κ1) is 24.5. The number of amides is 1. The van der Waals surface area contributed by atoms with Crippen LogP contribution in [0.2, 0.25) is 0 Å². The zero-order valence-electron chi connectivity index (χ0n) is 18.1. The summed E-state index contributed by atoms with van der Waals surface area (Å²) in [5, 5.41) is 9.75. The lowest BCUT2D eigenvalue weighted by Gasteiger charge is -2.29. The fourth-order valence-corrected chi connectivity index (χ4v) is 5.03. The highest BCUT2D eigenvalue weighted by Crippen LogP contribution is 2.31. The van der Waals surface area contributed by atoms with Gasteiger partial charge in [-0.1, -0.05) is 0 Å². The van der Waals surface area contributed by atoms with E-state index in [-0.39, 0.29) is 27.5 Å². The van der Waals surface area contributed by atoms with Crippen molar-refractivity contribution in [3.8, 4) is 0 Å². The van der Waals surface area contributed by atoms with E-state index in [1.807, 2.05) is 0 Å². The summed E-state index contributed by atoms with van der Waals surface area (Å²) < 4.78 is 45.7. The van der Waals surface area contributed by atoms with Crippen LogP contribution >= 0.6 is 11.3 Å². The van der Waals surface area contributed by atoms with Crippen molar-refractivity contribution in [1.29, 1.82) is 0 Å². The summed E-state index contributed by atoms with van der Waals surface area (Å²) in [4.78, 5) is 41.0. The van der Waals surface area contributed by atoms with Crippen molar-refractivity contribution < 1.29 is 27.8 Å². The Bertz CT molecular complexity index is 1110. The molecule has 0 saturated carbocycles. The Labute approximate surface area is 185 Å². The summed E-state index contributed by atoms with van der Waals surface area (Å²) in [7, 11) is 1.40. The number of carbonyl (C=O) groups is 1. The Hall–Kier alpha value is -2.18. The molecule has 12 heteroatoms. The molecule has 0 radical (unpaired) electrons. The van der Waals surface area contributed by atoms with Gasteiger partial charge in [0.05, 0.1) is 35.4 Å². The minimum atomic E-state index is -4.49. The number of thiophene rings is 1. The molecule has 0 aromatic carbocycles. The lowest BCUT2D eigenvalue weighted by Crippen LogP contribution is -2.42. The van der Waals surface area contributed by atoms with E-state index in [1.165, 1.54) is 7.11 Å². The van der Waals surface area contributed by atoms with Crippen LogP contribution in [-0.4, -0.2) is 63.6 Å². The first-order chi connectivity index (χ1) is 14.9. The molecule has 0 spiro atoms. The van der Waals surface area contributed by atoms with E-state index in [1.54, 1.807) is 18.7 Å². The van der Waals surface area contributed by atoms with Crippen molar-refractivity contribution in [1.82, 2.24) is 14.0 Å². The number of rotatable bonds is 6. The van der Waals surface area contributed by atoms with Gasteiger partial charge < -0.3 is 14.7 Å².